The van der Waals surface area contributed by atoms with Crippen LogP contribution >= 0.6 is 0 Å². The first-order valence-corrected chi connectivity index (χ1v) is 7.40. The zero-order chi connectivity index (χ0) is 17.8. The van der Waals surface area contributed by atoms with Crippen LogP contribution < -0.4 is 5.48 Å². The first-order chi connectivity index (χ1) is 12.1. The van der Waals surface area contributed by atoms with Crippen molar-refractivity contribution in [3.8, 4) is 0 Å². The summed E-state index contributed by atoms with van der Waals surface area (Å²) >= 11 is 0. The lowest BCUT2D eigenvalue weighted by Crippen LogP contribution is -2.14. The van der Waals surface area contributed by atoms with Crippen LogP contribution in [0.5, 0.6) is 0 Å². The zero-order valence-electron chi connectivity index (χ0n) is 12.9. The van der Waals surface area contributed by atoms with E-state index in [9.17, 15) is 14.0 Å². The fourth-order valence-corrected chi connectivity index (χ4v) is 2.34. The molecule has 2 aromatic carbocycles. The summed E-state index contributed by atoms with van der Waals surface area (Å²) in [6.07, 6.45) is 2.61. The van der Waals surface area contributed by atoms with Crippen LogP contribution in [0.25, 0.3) is 17.0 Å². The van der Waals surface area contributed by atoms with Crippen molar-refractivity contribution >= 4 is 28.7 Å². The Labute approximate surface area is 142 Å². The highest BCUT2D eigenvalue weighted by Gasteiger charge is 2.10. The van der Waals surface area contributed by atoms with Gasteiger partial charge in [-0.05, 0) is 54.6 Å². The molecule has 0 aliphatic heterocycles. The average molecular weight is 336 g/mol. The van der Waals surface area contributed by atoms with Crippen molar-refractivity contribution in [2.45, 2.75) is 0 Å². The van der Waals surface area contributed by atoms with Crippen LogP contribution in [0.1, 0.15) is 21.6 Å². The molecular formula is C19H13FN2O3. The van der Waals surface area contributed by atoms with Crippen molar-refractivity contribution in [3.63, 3.8) is 0 Å². The highest BCUT2D eigenvalue weighted by atomic mass is 19.1. The molecule has 1 aromatic heterocycles. The Bertz CT molecular complexity index is 982. The summed E-state index contributed by atoms with van der Waals surface area (Å²) in [5.41, 5.74) is 3.57. The lowest BCUT2D eigenvalue weighted by molar-refractivity contribution is -0.124. The number of benzene rings is 2. The summed E-state index contributed by atoms with van der Waals surface area (Å²) in [4.78, 5) is 27.8. The molecule has 6 heteroatoms. The molecule has 3 rings (SSSR count). The summed E-state index contributed by atoms with van der Waals surface area (Å²) in [5.74, 6) is -1.25. The number of hydrogen-bond donors (Lipinski definition) is 2. The van der Waals surface area contributed by atoms with Gasteiger partial charge >= 0.3 is 0 Å². The summed E-state index contributed by atoms with van der Waals surface area (Å²) in [5, 5.41) is 9.21. The number of hydrogen-bond acceptors (Lipinski definition) is 4. The summed E-state index contributed by atoms with van der Waals surface area (Å²) in [6.45, 7) is 0. The molecule has 2 N–H and O–H groups in total. The molecule has 0 aliphatic carbocycles. The molecule has 0 saturated heterocycles. The molecule has 5 nitrogen and oxygen atoms in total. The third kappa shape index (κ3) is 3.76. The maximum absolute atomic E-state index is 13.0. The van der Waals surface area contributed by atoms with Gasteiger partial charge in [-0.1, -0.05) is 6.07 Å². The molecule has 0 spiro atoms. The van der Waals surface area contributed by atoms with Gasteiger partial charge in [-0.25, -0.2) is 14.9 Å². The lowest BCUT2D eigenvalue weighted by Gasteiger charge is -2.04. The van der Waals surface area contributed by atoms with E-state index >= 15 is 0 Å². The average Bonchev–Trinajstić information content (AvgIpc) is 2.65. The van der Waals surface area contributed by atoms with Crippen LogP contribution in [0, 0.1) is 5.82 Å². The molecule has 1 amide bonds. The van der Waals surface area contributed by atoms with Crippen LogP contribution in [0.4, 0.5) is 4.39 Å². The molecule has 1 heterocycles. The predicted molar refractivity (Wildman–Crippen MR) is 90.5 cm³/mol. The second-order valence-electron chi connectivity index (χ2n) is 5.29. The number of rotatable bonds is 4. The van der Waals surface area contributed by atoms with E-state index in [4.69, 9.17) is 5.21 Å². The fourth-order valence-electron chi connectivity index (χ4n) is 2.34. The number of amides is 1. The maximum atomic E-state index is 13.0. The van der Waals surface area contributed by atoms with Gasteiger partial charge in [0, 0.05) is 22.6 Å². The second-order valence-corrected chi connectivity index (χ2v) is 5.29. The van der Waals surface area contributed by atoms with E-state index in [0.717, 1.165) is 11.5 Å². The SMILES string of the molecule is O=C(/C=C/c1ccc2cc(C(=O)c3ccc(F)cc3)ccc2n1)NO. The van der Waals surface area contributed by atoms with Gasteiger partial charge in [0.2, 0.25) is 0 Å². The minimum absolute atomic E-state index is 0.203. The number of ketones is 1. The molecule has 25 heavy (non-hydrogen) atoms. The van der Waals surface area contributed by atoms with Gasteiger partial charge in [-0.15, -0.1) is 0 Å². The fraction of sp³-hybridized carbons (Fsp3) is 0. The highest BCUT2D eigenvalue weighted by molar-refractivity contribution is 6.10. The van der Waals surface area contributed by atoms with E-state index in [0.29, 0.717) is 22.3 Å². The third-order valence-corrected chi connectivity index (χ3v) is 3.59. The van der Waals surface area contributed by atoms with Gasteiger partial charge in [-0.2, -0.15) is 0 Å². The zero-order valence-corrected chi connectivity index (χ0v) is 12.9. The van der Waals surface area contributed by atoms with Crippen molar-refractivity contribution in [3.05, 3.63) is 83.3 Å². The Kier molecular flexibility index (Phi) is 4.63. The minimum atomic E-state index is -0.651. The molecule has 0 fully saturated rings. The normalized spacial score (nSPS) is 11.0. The number of carbonyl (C=O) groups is 2. The number of nitrogens with one attached hydrogen (secondary N) is 1. The Morgan fingerprint density at radius 1 is 1.00 bits per heavy atom. The monoisotopic (exact) mass is 336 g/mol. The highest BCUT2D eigenvalue weighted by Crippen LogP contribution is 2.18. The van der Waals surface area contributed by atoms with E-state index in [-0.39, 0.29) is 5.78 Å². The van der Waals surface area contributed by atoms with Crippen LogP contribution in [0.3, 0.4) is 0 Å². The summed E-state index contributed by atoms with van der Waals surface area (Å²) in [6, 6.07) is 13.9. The number of aromatic nitrogens is 1. The van der Waals surface area contributed by atoms with Crippen molar-refractivity contribution in [2.24, 2.45) is 0 Å². The van der Waals surface area contributed by atoms with Gasteiger partial charge in [0.05, 0.1) is 11.2 Å². The van der Waals surface area contributed by atoms with E-state index in [2.05, 4.69) is 4.98 Å². The quantitative estimate of drug-likeness (QED) is 0.332. The van der Waals surface area contributed by atoms with E-state index in [1.54, 1.807) is 30.3 Å². The molecule has 0 atom stereocenters. The smallest absolute Gasteiger partial charge is 0.267 e. The van der Waals surface area contributed by atoms with Gasteiger partial charge in [0.25, 0.3) is 5.91 Å². The van der Waals surface area contributed by atoms with Crippen LogP contribution in [-0.2, 0) is 4.79 Å². The number of halogens is 1. The number of nitrogens with zero attached hydrogens (tertiary/aromatic N) is 1. The molecular weight excluding hydrogens is 323 g/mol. The molecule has 0 aliphatic rings. The van der Waals surface area contributed by atoms with Crippen molar-refractivity contribution in [1.82, 2.24) is 10.5 Å². The van der Waals surface area contributed by atoms with Crippen molar-refractivity contribution in [2.75, 3.05) is 0 Å². The number of fused-ring (bicyclic) bond motifs is 1. The number of carbonyl (C=O) groups excluding carboxylic acids is 2. The second kappa shape index (κ2) is 7.02. The van der Waals surface area contributed by atoms with E-state index in [1.807, 2.05) is 0 Å². The molecule has 0 saturated carbocycles. The summed E-state index contributed by atoms with van der Waals surface area (Å²) < 4.78 is 13.0. The van der Waals surface area contributed by atoms with Crippen LogP contribution in [-0.4, -0.2) is 21.9 Å². The Balaban J connectivity index is 1.90. The van der Waals surface area contributed by atoms with E-state index in [1.165, 1.54) is 35.8 Å². The van der Waals surface area contributed by atoms with Gasteiger partial charge in [-0.3, -0.25) is 14.8 Å². The van der Waals surface area contributed by atoms with Gasteiger partial charge in [0.15, 0.2) is 5.78 Å². The Morgan fingerprint density at radius 3 is 2.44 bits per heavy atom. The minimum Gasteiger partial charge on any atom is -0.289 e. The first kappa shape index (κ1) is 16.5. The third-order valence-electron chi connectivity index (χ3n) is 3.59. The maximum Gasteiger partial charge on any atom is 0.267 e. The molecule has 3 aromatic rings. The summed E-state index contributed by atoms with van der Waals surface area (Å²) in [7, 11) is 0. The van der Waals surface area contributed by atoms with E-state index < -0.39 is 11.7 Å². The largest absolute Gasteiger partial charge is 0.289 e. The predicted octanol–water partition coefficient (Wildman–Crippen LogP) is 3.12. The molecule has 124 valence electrons. The van der Waals surface area contributed by atoms with Gasteiger partial charge < -0.3 is 0 Å². The topological polar surface area (TPSA) is 79.3 Å². The Hall–Kier alpha value is -3.38. The standard InChI is InChI=1S/C19H13FN2O3/c20-15-5-1-12(2-6-15)19(24)14-4-9-17-13(11-14)3-7-16(21-17)8-10-18(23)22-25/h1-11,25H,(H,22,23)/b10-8+. The molecule has 0 radical (unpaired) electrons. The van der Waals surface area contributed by atoms with Crippen LogP contribution in [0.15, 0.2) is 60.7 Å². The van der Waals surface area contributed by atoms with Crippen molar-refractivity contribution < 1.29 is 19.2 Å². The van der Waals surface area contributed by atoms with Crippen LogP contribution in [0.2, 0.25) is 0 Å². The Morgan fingerprint density at radius 2 is 1.72 bits per heavy atom. The van der Waals surface area contributed by atoms with Gasteiger partial charge in [0.1, 0.15) is 5.82 Å². The number of hydroxylamine groups is 1. The lowest BCUT2D eigenvalue weighted by atomic mass is 10.0. The molecule has 0 unspecified atom stereocenters. The first-order valence-electron chi connectivity index (χ1n) is 7.40. The van der Waals surface area contributed by atoms with Crippen molar-refractivity contribution in [1.29, 1.82) is 0 Å². The molecule has 0 bridgehead atoms. The number of pyridine rings is 1.